The monoisotopic (exact) mass is 354 g/mol. The molecule has 1 aromatic carbocycles. The molecule has 20 heavy (non-hydrogen) atoms. The average Bonchev–Trinajstić information content (AvgIpc) is 2.64. The highest BCUT2D eigenvalue weighted by molar-refractivity contribution is 6.55. The molecule has 1 unspecified atom stereocenters. The van der Waals surface area contributed by atoms with Crippen LogP contribution in [-0.2, 0) is 4.79 Å². The molecule has 2 rings (SSSR count). The third-order valence-electron chi connectivity index (χ3n) is 2.86. The lowest BCUT2D eigenvalue weighted by Gasteiger charge is -2.22. The molecule has 5 nitrogen and oxygen atoms in total. The van der Waals surface area contributed by atoms with Crippen LogP contribution in [0.25, 0.3) is 0 Å². The molecule has 0 saturated carbocycles. The molecule has 1 aromatic rings. The number of carboxylic acid groups (broad SMARTS) is 1. The third-order valence-corrected chi connectivity index (χ3v) is 4.66. The van der Waals surface area contributed by atoms with Gasteiger partial charge in [0.1, 0.15) is 0 Å². The maximum absolute atomic E-state index is 12.2. The summed E-state index contributed by atoms with van der Waals surface area (Å²) in [5.41, 5.74) is -0.520. The normalized spacial score (nSPS) is 15.6. The molecule has 0 aromatic heterocycles. The number of carbonyl (C=O) groups is 3. The molecule has 0 aliphatic carbocycles. The van der Waals surface area contributed by atoms with Crippen molar-refractivity contribution in [2.45, 2.75) is 13.0 Å². The fourth-order valence-electron chi connectivity index (χ4n) is 1.82. The van der Waals surface area contributed by atoms with Crippen molar-refractivity contribution in [1.29, 1.82) is 0 Å². The highest BCUT2D eigenvalue weighted by atomic mass is 35.5. The zero-order valence-electron chi connectivity index (χ0n) is 9.67. The molecule has 2 amide bonds. The summed E-state index contributed by atoms with van der Waals surface area (Å²) in [6.45, 7) is 1.13. The smallest absolute Gasteiger partial charge is 0.263 e. The van der Waals surface area contributed by atoms with Gasteiger partial charge in [0.25, 0.3) is 11.8 Å². The van der Waals surface area contributed by atoms with Crippen molar-refractivity contribution in [1.82, 2.24) is 4.90 Å². The van der Waals surface area contributed by atoms with Gasteiger partial charge in [-0.2, -0.15) is 0 Å². The van der Waals surface area contributed by atoms with E-state index in [1.54, 1.807) is 0 Å². The third kappa shape index (κ3) is 1.97. The first-order valence-electron chi connectivity index (χ1n) is 5.14. The van der Waals surface area contributed by atoms with Gasteiger partial charge in [0.15, 0.2) is 0 Å². The molecule has 0 radical (unpaired) electrons. The number of imide groups is 1. The zero-order chi connectivity index (χ0) is 15.4. The Kier molecular flexibility index (Phi) is 3.90. The number of hydrogen-bond donors (Lipinski definition) is 0. The van der Waals surface area contributed by atoms with Crippen LogP contribution in [0.3, 0.4) is 0 Å². The van der Waals surface area contributed by atoms with Gasteiger partial charge >= 0.3 is 0 Å². The highest BCUT2D eigenvalue weighted by Gasteiger charge is 2.43. The number of benzene rings is 1. The Morgan fingerprint density at radius 3 is 1.60 bits per heavy atom. The zero-order valence-corrected chi connectivity index (χ0v) is 12.7. The first-order valence-corrected chi connectivity index (χ1v) is 6.66. The Bertz CT molecular complexity index is 626. The highest BCUT2D eigenvalue weighted by Crippen LogP contribution is 2.45. The number of aliphatic carboxylic acids is 1. The van der Waals surface area contributed by atoms with E-state index in [2.05, 4.69) is 0 Å². The summed E-state index contributed by atoms with van der Waals surface area (Å²) in [4.78, 5) is 35.7. The largest absolute Gasteiger partial charge is 0.548 e. The van der Waals surface area contributed by atoms with Crippen molar-refractivity contribution in [3.05, 3.63) is 31.2 Å². The minimum absolute atomic E-state index is 0.179. The maximum atomic E-state index is 12.2. The van der Waals surface area contributed by atoms with Crippen LogP contribution in [0.4, 0.5) is 0 Å². The summed E-state index contributed by atoms with van der Waals surface area (Å²) >= 11 is 23.4. The SMILES string of the molecule is CC(C(=O)[O-])N1C(=O)c2c(Cl)c(Cl)c(Cl)c(Cl)c2C1=O. The summed E-state index contributed by atoms with van der Waals surface area (Å²) in [6, 6.07) is -1.48. The standard InChI is InChI=1S/C11H5Cl4NO4/c1-2(11(19)20)16-9(17)3-4(10(16)18)6(13)8(15)7(14)5(3)12/h2H,1H3,(H,19,20)/p-1. The number of amides is 2. The predicted molar refractivity (Wildman–Crippen MR) is 71.5 cm³/mol. The molecule has 0 fully saturated rings. The molecule has 1 heterocycles. The molecule has 1 atom stereocenters. The van der Waals surface area contributed by atoms with E-state index in [1.807, 2.05) is 0 Å². The van der Waals surface area contributed by atoms with E-state index in [-0.39, 0.29) is 31.2 Å². The van der Waals surface area contributed by atoms with Crippen LogP contribution >= 0.6 is 46.4 Å². The van der Waals surface area contributed by atoms with E-state index in [0.717, 1.165) is 6.92 Å². The quantitative estimate of drug-likeness (QED) is 0.462. The van der Waals surface area contributed by atoms with Crippen molar-refractivity contribution in [2.75, 3.05) is 0 Å². The van der Waals surface area contributed by atoms with Gasteiger partial charge in [0.2, 0.25) is 0 Å². The van der Waals surface area contributed by atoms with Gasteiger partial charge < -0.3 is 9.90 Å². The van der Waals surface area contributed by atoms with Gasteiger partial charge in [-0.1, -0.05) is 46.4 Å². The summed E-state index contributed by atoms with van der Waals surface area (Å²) in [5, 5.41) is 10.0. The molecule has 0 spiro atoms. The molecule has 1 aliphatic rings. The summed E-state index contributed by atoms with van der Waals surface area (Å²) in [7, 11) is 0. The van der Waals surface area contributed by atoms with E-state index >= 15 is 0 Å². The molecule has 106 valence electrons. The first-order chi connectivity index (χ1) is 9.20. The molecule has 9 heteroatoms. The van der Waals surface area contributed by atoms with E-state index in [4.69, 9.17) is 46.4 Å². The fourth-order valence-corrected chi connectivity index (χ4v) is 2.84. The van der Waals surface area contributed by atoms with E-state index in [1.165, 1.54) is 0 Å². The summed E-state index contributed by atoms with van der Waals surface area (Å²) in [6.07, 6.45) is 0. The van der Waals surface area contributed by atoms with Gasteiger partial charge in [-0.3, -0.25) is 14.5 Å². The van der Waals surface area contributed by atoms with Crippen LogP contribution in [0.5, 0.6) is 0 Å². The lowest BCUT2D eigenvalue weighted by Crippen LogP contribution is -2.48. The minimum atomic E-state index is -1.59. The number of carboxylic acids is 1. The van der Waals surface area contributed by atoms with E-state index in [9.17, 15) is 19.5 Å². The second kappa shape index (κ2) is 5.07. The van der Waals surface area contributed by atoms with Crippen molar-refractivity contribution >= 4 is 64.2 Å². The first kappa shape index (κ1) is 15.4. The number of halogens is 4. The van der Waals surface area contributed by atoms with Crippen LogP contribution in [0, 0.1) is 0 Å². The average molecular weight is 356 g/mol. The summed E-state index contributed by atoms with van der Waals surface area (Å²) in [5.74, 6) is -3.41. The van der Waals surface area contributed by atoms with Gasteiger partial charge in [-0.15, -0.1) is 0 Å². The van der Waals surface area contributed by atoms with Gasteiger partial charge in [-0.05, 0) is 6.92 Å². The van der Waals surface area contributed by atoms with Crippen molar-refractivity contribution in [2.24, 2.45) is 0 Å². The topological polar surface area (TPSA) is 77.5 Å². The van der Waals surface area contributed by atoms with Crippen LogP contribution in [0.1, 0.15) is 27.6 Å². The Balaban J connectivity index is 2.73. The van der Waals surface area contributed by atoms with Crippen LogP contribution in [0.2, 0.25) is 20.1 Å². The van der Waals surface area contributed by atoms with Crippen LogP contribution in [0.15, 0.2) is 0 Å². The van der Waals surface area contributed by atoms with E-state index < -0.39 is 23.8 Å². The fraction of sp³-hybridized carbons (Fsp3) is 0.182. The van der Waals surface area contributed by atoms with Gasteiger partial charge in [0.05, 0.1) is 43.2 Å². The Hall–Kier alpha value is -1.01. The van der Waals surface area contributed by atoms with E-state index in [0.29, 0.717) is 4.90 Å². The Labute approximate surface area is 133 Å². The number of carbonyl (C=O) groups excluding carboxylic acids is 3. The minimum Gasteiger partial charge on any atom is -0.548 e. The number of rotatable bonds is 2. The molecule has 0 bridgehead atoms. The van der Waals surface area contributed by atoms with Crippen LogP contribution in [-0.4, -0.2) is 28.7 Å². The molecule has 0 N–H and O–H groups in total. The molecular weight excluding hydrogens is 352 g/mol. The van der Waals surface area contributed by atoms with Crippen molar-refractivity contribution < 1.29 is 19.5 Å². The Morgan fingerprint density at radius 2 is 1.30 bits per heavy atom. The van der Waals surface area contributed by atoms with Crippen molar-refractivity contribution in [3.63, 3.8) is 0 Å². The Morgan fingerprint density at radius 1 is 0.950 bits per heavy atom. The second-order valence-electron chi connectivity index (χ2n) is 3.98. The lowest BCUT2D eigenvalue weighted by atomic mass is 10.1. The molecule has 0 saturated heterocycles. The number of fused-ring (bicyclic) bond motifs is 1. The van der Waals surface area contributed by atoms with Crippen LogP contribution < -0.4 is 5.11 Å². The maximum Gasteiger partial charge on any atom is 0.263 e. The van der Waals surface area contributed by atoms with Gasteiger partial charge in [-0.25, -0.2) is 0 Å². The second-order valence-corrected chi connectivity index (χ2v) is 5.49. The summed E-state index contributed by atoms with van der Waals surface area (Å²) < 4.78 is 0. The van der Waals surface area contributed by atoms with Crippen molar-refractivity contribution in [3.8, 4) is 0 Å². The number of nitrogens with zero attached hydrogens (tertiary/aromatic N) is 1. The number of hydrogen-bond acceptors (Lipinski definition) is 4. The van der Waals surface area contributed by atoms with Gasteiger partial charge in [0, 0.05) is 0 Å². The predicted octanol–water partition coefficient (Wildman–Crippen LogP) is 2.03. The lowest BCUT2D eigenvalue weighted by molar-refractivity contribution is -0.309. The molecular formula is C11H4Cl4NO4-. The molecule has 1 aliphatic heterocycles.